The van der Waals surface area contributed by atoms with Crippen molar-refractivity contribution in [2.75, 3.05) is 18.3 Å². The highest BCUT2D eigenvalue weighted by molar-refractivity contribution is 7.85. The Morgan fingerprint density at radius 3 is 2.67 bits per heavy atom. The SMILES string of the molecule is COCc1ccccc1NCS(=O)(=O)O. The molecule has 0 unspecified atom stereocenters. The molecule has 0 aliphatic carbocycles. The van der Waals surface area contributed by atoms with Gasteiger partial charge in [0.1, 0.15) is 5.88 Å². The van der Waals surface area contributed by atoms with Crippen LogP contribution in [0.1, 0.15) is 5.56 Å². The topological polar surface area (TPSA) is 75.6 Å². The Morgan fingerprint density at radius 1 is 1.40 bits per heavy atom. The van der Waals surface area contributed by atoms with E-state index in [2.05, 4.69) is 5.32 Å². The molecule has 5 nitrogen and oxygen atoms in total. The molecule has 0 amide bonds. The van der Waals surface area contributed by atoms with Gasteiger partial charge in [-0.1, -0.05) is 18.2 Å². The van der Waals surface area contributed by atoms with Crippen LogP contribution in [0.5, 0.6) is 0 Å². The van der Waals surface area contributed by atoms with Crippen molar-refractivity contribution >= 4 is 15.8 Å². The van der Waals surface area contributed by atoms with Gasteiger partial charge in [-0.3, -0.25) is 4.55 Å². The first kappa shape index (κ1) is 12.0. The summed E-state index contributed by atoms with van der Waals surface area (Å²) in [5, 5.41) is 2.62. The van der Waals surface area contributed by atoms with Gasteiger partial charge in [0.2, 0.25) is 0 Å². The zero-order valence-electron chi connectivity index (χ0n) is 8.30. The zero-order valence-corrected chi connectivity index (χ0v) is 9.12. The Kier molecular flexibility index (Phi) is 4.07. The average molecular weight is 231 g/mol. The van der Waals surface area contributed by atoms with E-state index in [0.29, 0.717) is 12.3 Å². The van der Waals surface area contributed by atoms with Gasteiger partial charge in [-0.25, -0.2) is 0 Å². The summed E-state index contributed by atoms with van der Waals surface area (Å²) in [5.74, 6) is -0.506. The number of para-hydroxylation sites is 1. The van der Waals surface area contributed by atoms with Crippen LogP contribution in [0.3, 0.4) is 0 Å². The van der Waals surface area contributed by atoms with Crippen LogP contribution < -0.4 is 5.32 Å². The minimum Gasteiger partial charge on any atom is -0.380 e. The van der Waals surface area contributed by atoms with E-state index >= 15 is 0 Å². The molecule has 0 saturated carbocycles. The Hall–Kier alpha value is -1.11. The van der Waals surface area contributed by atoms with Crippen LogP contribution in [-0.4, -0.2) is 26.0 Å². The summed E-state index contributed by atoms with van der Waals surface area (Å²) in [6.45, 7) is 0.384. The molecule has 0 fully saturated rings. The van der Waals surface area contributed by atoms with Crippen molar-refractivity contribution in [2.45, 2.75) is 6.61 Å². The maximum Gasteiger partial charge on any atom is 0.283 e. The second-order valence-corrected chi connectivity index (χ2v) is 4.45. The number of ether oxygens (including phenoxy) is 1. The van der Waals surface area contributed by atoms with Crippen molar-refractivity contribution in [1.29, 1.82) is 0 Å². The Morgan fingerprint density at radius 2 is 2.07 bits per heavy atom. The minimum atomic E-state index is -4.01. The number of nitrogens with one attached hydrogen (secondary N) is 1. The standard InChI is InChI=1S/C9H13NO4S/c1-14-6-8-4-2-3-5-9(8)10-7-15(11,12)13/h2-5,10H,6-7H2,1H3,(H,11,12,13). The molecule has 0 spiro atoms. The van der Waals surface area contributed by atoms with Crippen LogP contribution in [-0.2, 0) is 21.5 Å². The predicted molar refractivity (Wildman–Crippen MR) is 57.2 cm³/mol. The summed E-state index contributed by atoms with van der Waals surface area (Å²) in [5.41, 5.74) is 1.47. The van der Waals surface area contributed by atoms with Crippen molar-refractivity contribution in [1.82, 2.24) is 0 Å². The third kappa shape index (κ3) is 4.28. The highest BCUT2D eigenvalue weighted by Crippen LogP contribution is 2.15. The van der Waals surface area contributed by atoms with Gasteiger partial charge in [-0.2, -0.15) is 8.42 Å². The fraction of sp³-hybridized carbons (Fsp3) is 0.333. The van der Waals surface area contributed by atoms with E-state index in [-0.39, 0.29) is 0 Å². The van der Waals surface area contributed by atoms with Gasteiger partial charge in [0.05, 0.1) is 6.61 Å². The average Bonchev–Trinajstić information content (AvgIpc) is 2.16. The minimum absolute atomic E-state index is 0.384. The quantitative estimate of drug-likeness (QED) is 0.742. The van der Waals surface area contributed by atoms with Crippen LogP contribution in [0.25, 0.3) is 0 Å². The number of anilines is 1. The van der Waals surface area contributed by atoms with Gasteiger partial charge in [-0.15, -0.1) is 0 Å². The lowest BCUT2D eigenvalue weighted by molar-refractivity contribution is 0.185. The van der Waals surface area contributed by atoms with Crippen molar-refractivity contribution in [2.24, 2.45) is 0 Å². The molecule has 0 aromatic heterocycles. The lowest BCUT2D eigenvalue weighted by atomic mass is 10.2. The molecule has 1 rings (SSSR count). The van der Waals surface area contributed by atoms with Crippen molar-refractivity contribution in [3.05, 3.63) is 29.8 Å². The van der Waals surface area contributed by atoms with Gasteiger partial charge in [0.25, 0.3) is 10.1 Å². The third-order valence-corrected chi connectivity index (χ3v) is 2.27. The van der Waals surface area contributed by atoms with Crippen molar-refractivity contribution in [3.63, 3.8) is 0 Å². The summed E-state index contributed by atoms with van der Waals surface area (Å²) in [6, 6.07) is 7.13. The van der Waals surface area contributed by atoms with Gasteiger partial charge in [0, 0.05) is 18.4 Å². The van der Waals surface area contributed by atoms with Gasteiger partial charge < -0.3 is 10.1 Å². The molecule has 0 bridgehead atoms. The molecule has 0 heterocycles. The fourth-order valence-corrected chi connectivity index (χ4v) is 1.48. The van der Waals surface area contributed by atoms with Gasteiger partial charge in [-0.05, 0) is 6.07 Å². The van der Waals surface area contributed by atoms with E-state index in [0.717, 1.165) is 5.56 Å². The summed E-state index contributed by atoms with van der Waals surface area (Å²) in [4.78, 5) is 0. The summed E-state index contributed by atoms with van der Waals surface area (Å²) < 4.78 is 34.6. The van der Waals surface area contributed by atoms with Gasteiger partial charge >= 0.3 is 0 Å². The Labute approximate surface area is 88.8 Å². The van der Waals surface area contributed by atoms with E-state index in [1.165, 1.54) is 0 Å². The van der Waals surface area contributed by atoms with Gasteiger partial charge in [0.15, 0.2) is 0 Å². The molecule has 1 aromatic carbocycles. The van der Waals surface area contributed by atoms with E-state index in [9.17, 15) is 8.42 Å². The Balaban J connectivity index is 2.75. The molecule has 0 aliphatic rings. The first-order chi connectivity index (χ1) is 7.03. The molecule has 0 aliphatic heterocycles. The molecule has 0 saturated heterocycles. The maximum atomic E-state index is 10.5. The predicted octanol–water partition coefficient (Wildman–Crippen LogP) is 1.09. The highest BCUT2D eigenvalue weighted by Gasteiger charge is 2.06. The molecule has 0 atom stereocenters. The molecular weight excluding hydrogens is 218 g/mol. The second-order valence-electron chi connectivity index (χ2n) is 2.99. The molecule has 0 radical (unpaired) electrons. The molecule has 2 N–H and O–H groups in total. The lowest BCUT2D eigenvalue weighted by Crippen LogP contribution is -2.14. The molecule has 1 aromatic rings. The van der Waals surface area contributed by atoms with Crippen LogP contribution in [0.15, 0.2) is 24.3 Å². The second kappa shape index (κ2) is 5.11. The summed E-state index contributed by atoms with van der Waals surface area (Å²) in [6.07, 6.45) is 0. The summed E-state index contributed by atoms with van der Waals surface area (Å²) >= 11 is 0. The van der Waals surface area contributed by atoms with E-state index < -0.39 is 16.0 Å². The molecule has 6 heteroatoms. The Bertz CT molecular complexity index is 416. The van der Waals surface area contributed by atoms with Crippen molar-refractivity contribution in [3.8, 4) is 0 Å². The van der Waals surface area contributed by atoms with Crippen molar-refractivity contribution < 1.29 is 17.7 Å². The normalized spacial score (nSPS) is 11.3. The number of methoxy groups -OCH3 is 1. The maximum absolute atomic E-state index is 10.5. The first-order valence-corrected chi connectivity index (χ1v) is 5.90. The van der Waals surface area contributed by atoms with Crippen LogP contribution in [0.4, 0.5) is 5.69 Å². The largest absolute Gasteiger partial charge is 0.380 e. The molecule has 15 heavy (non-hydrogen) atoms. The van der Waals surface area contributed by atoms with Crippen LogP contribution in [0, 0.1) is 0 Å². The lowest BCUT2D eigenvalue weighted by Gasteiger charge is -2.09. The van der Waals surface area contributed by atoms with E-state index in [1.54, 1.807) is 19.2 Å². The van der Waals surface area contributed by atoms with Crippen LogP contribution in [0.2, 0.25) is 0 Å². The summed E-state index contributed by atoms with van der Waals surface area (Å²) in [7, 11) is -2.45. The zero-order chi connectivity index (χ0) is 11.3. The number of rotatable bonds is 5. The smallest absolute Gasteiger partial charge is 0.283 e. The van der Waals surface area contributed by atoms with E-state index in [4.69, 9.17) is 9.29 Å². The monoisotopic (exact) mass is 231 g/mol. The number of benzene rings is 1. The number of hydrogen-bond donors (Lipinski definition) is 2. The third-order valence-electron chi connectivity index (χ3n) is 1.76. The first-order valence-electron chi connectivity index (χ1n) is 4.29. The highest BCUT2D eigenvalue weighted by atomic mass is 32.2. The van der Waals surface area contributed by atoms with E-state index in [1.807, 2.05) is 12.1 Å². The molecular formula is C9H13NO4S. The fourth-order valence-electron chi connectivity index (χ4n) is 1.14. The van der Waals surface area contributed by atoms with Crippen LogP contribution >= 0.6 is 0 Å². The molecule has 84 valence electrons. The number of hydrogen-bond acceptors (Lipinski definition) is 4.